The number of thiol groups is 2. The number of aromatic hydroxyl groups is 2. The lowest BCUT2D eigenvalue weighted by Crippen LogP contribution is -2.51. The van der Waals surface area contributed by atoms with Gasteiger partial charge in [0, 0.05) is 24.5 Å². The van der Waals surface area contributed by atoms with Crippen molar-refractivity contribution in [3.63, 3.8) is 0 Å². The lowest BCUT2D eigenvalue weighted by atomic mass is 9.92. The van der Waals surface area contributed by atoms with E-state index in [0.717, 1.165) is 0 Å². The van der Waals surface area contributed by atoms with Gasteiger partial charge in [0.25, 0.3) is 0 Å². The molecule has 0 spiro atoms. The molecular weight excluding hydrogens is 326 g/mol. The van der Waals surface area contributed by atoms with E-state index in [4.69, 9.17) is 0 Å². The fourth-order valence-corrected chi connectivity index (χ4v) is 3.29. The summed E-state index contributed by atoms with van der Waals surface area (Å²) in [5, 5.41) is 28.5. The van der Waals surface area contributed by atoms with Gasteiger partial charge in [0.15, 0.2) is 11.5 Å². The van der Waals surface area contributed by atoms with Gasteiger partial charge in [-0.15, -0.1) is 0 Å². The number of hydrogen-bond donors (Lipinski definition) is 5. The Morgan fingerprint density at radius 3 is 2.23 bits per heavy atom. The first kappa shape index (κ1) is 16.8. The maximum absolute atomic E-state index is 12.5. The molecule has 1 aromatic carbocycles. The second-order valence-electron chi connectivity index (χ2n) is 5.20. The molecule has 6 nitrogen and oxygen atoms in total. The summed E-state index contributed by atoms with van der Waals surface area (Å²) in [7, 11) is 0. The smallest absolute Gasteiger partial charge is 0.326 e. The Hall–Kier alpha value is -1.54. The van der Waals surface area contributed by atoms with Gasteiger partial charge in [-0.2, -0.15) is 25.3 Å². The topological polar surface area (TPSA) is 98.1 Å². The number of hydrogen-bond acceptors (Lipinski definition) is 6. The van der Waals surface area contributed by atoms with Crippen molar-refractivity contribution < 1.29 is 24.9 Å². The SMILES string of the molecule is O=C(O)C1Cc2cc(O)c(O)cc2CN1C(=O)C(CS)CS. The standard InChI is InChI=1S/C14H17NO5S2/c16-11-2-7-1-10(14(19)20)15(4-8(7)3-12(11)17)13(18)9(5-21)6-22/h2-3,9-10,16-17,21-22H,1,4-6H2,(H,19,20). The Balaban J connectivity index is 2.38. The van der Waals surface area contributed by atoms with Crippen molar-refractivity contribution in [3.8, 4) is 11.5 Å². The highest BCUT2D eigenvalue weighted by molar-refractivity contribution is 7.81. The average Bonchev–Trinajstić information content (AvgIpc) is 2.48. The highest BCUT2D eigenvalue weighted by Crippen LogP contribution is 2.33. The molecule has 0 fully saturated rings. The summed E-state index contributed by atoms with van der Waals surface area (Å²) in [5.41, 5.74) is 1.23. The molecule has 1 aliphatic rings. The van der Waals surface area contributed by atoms with Crippen LogP contribution in [0.1, 0.15) is 11.1 Å². The third-order valence-electron chi connectivity index (χ3n) is 3.79. The van der Waals surface area contributed by atoms with E-state index in [1.807, 2.05) is 0 Å². The summed E-state index contributed by atoms with van der Waals surface area (Å²) in [6.45, 7) is 0.0665. The quantitative estimate of drug-likeness (QED) is 0.414. The molecule has 0 aromatic heterocycles. The maximum atomic E-state index is 12.5. The highest BCUT2D eigenvalue weighted by Gasteiger charge is 2.37. The minimum absolute atomic E-state index is 0.0665. The van der Waals surface area contributed by atoms with Gasteiger partial charge in [-0.05, 0) is 23.3 Å². The van der Waals surface area contributed by atoms with E-state index in [1.54, 1.807) is 0 Å². The van der Waals surface area contributed by atoms with Gasteiger partial charge in [0.05, 0.1) is 5.92 Å². The van der Waals surface area contributed by atoms with E-state index in [1.165, 1.54) is 17.0 Å². The molecule has 1 heterocycles. The Morgan fingerprint density at radius 1 is 1.18 bits per heavy atom. The second kappa shape index (κ2) is 6.70. The van der Waals surface area contributed by atoms with Gasteiger partial charge in [-0.3, -0.25) is 4.79 Å². The number of nitrogens with zero attached hydrogens (tertiary/aromatic N) is 1. The van der Waals surface area contributed by atoms with Crippen LogP contribution < -0.4 is 0 Å². The molecule has 1 atom stereocenters. The number of benzene rings is 1. The molecular formula is C14H17NO5S2. The number of fused-ring (bicyclic) bond motifs is 1. The zero-order valence-electron chi connectivity index (χ0n) is 11.6. The second-order valence-corrected chi connectivity index (χ2v) is 5.93. The third-order valence-corrected chi connectivity index (χ3v) is 4.67. The van der Waals surface area contributed by atoms with Crippen LogP contribution in [0.3, 0.4) is 0 Å². The van der Waals surface area contributed by atoms with Crippen LogP contribution >= 0.6 is 25.3 Å². The van der Waals surface area contributed by atoms with Crippen LogP contribution in [0.25, 0.3) is 0 Å². The highest BCUT2D eigenvalue weighted by atomic mass is 32.1. The third kappa shape index (κ3) is 3.12. The number of amides is 1. The van der Waals surface area contributed by atoms with Crippen molar-refractivity contribution >= 4 is 37.1 Å². The first-order valence-electron chi connectivity index (χ1n) is 6.67. The molecule has 0 saturated carbocycles. The molecule has 2 rings (SSSR count). The molecule has 3 N–H and O–H groups in total. The summed E-state index contributed by atoms with van der Waals surface area (Å²) >= 11 is 8.21. The van der Waals surface area contributed by atoms with Crippen molar-refractivity contribution in [1.29, 1.82) is 0 Å². The van der Waals surface area contributed by atoms with Crippen molar-refractivity contribution in [1.82, 2.24) is 4.90 Å². The van der Waals surface area contributed by atoms with Gasteiger partial charge >= 0.3 is 5.97 Å². The molecule has 1 unspecified atom stereocenters. The van der Waals surface area contributed by atoms with Crippen LogP contribution in [-0.4, -0.2) is 49.6 Å². The first-order valence-corrected chi connectivity index (χ1v) is 7.94. The van der Waals surface area contributed by atoms with Crippen molar-refractivity contribution in [3.05, 3.63) is 23.3 Å². The Morgan fingerprint density at radius 2 is 1.73 bits per heavy atom. The van der Waals surface area contributed by atoms with Gasteiger partial charge in [-0.25, -0.2) is 4.79 Å². The molecule has 1 aromatic rings. The first-order chi connectivity index (χ1) is 10.4. The number of phenolic OH excluding ortho intramolecular Hbond substituents is 2. The predicted octanol–water partition coefficient (Wildman–Crippen LogP) is 0.911. The largest absolute Gasteiger partial charge is 0.504 e. The summed E-state index contributed by atoms with van der Waals surface area (Å²) in [6, 6.07) is 1.70. The number of rotatable bonds is 4. The number of aliphatic carboxylic acids is 1. The number of carboxylic acid groups (broad SMARTS) is 1. The monoisotopic (exact) mass is 343 g/mol. The van der Waals surface area contributed by atoms with Gasteiger partial charge in [0.2, 0.25) is 5.91 Å². The molecule has 0 bridgehead atoms. The van der Waals surface area contributed by atoms with Crippen LogP contribution in [-0.2, 0) is 22.6 Å². The van der Waals surface area contributed by atoms with Gasteiger partial charge in [-0.1, -0.05) is 0 Å². The Bertz CT molecular complexity index is 603. The minimum Gasteiger partial charge on any atom is -0.504 e. The number of phenols is 2. The zero-order chi connectivity index (χ0) is 16.4. The molecule has 8 heteroatoms. The van der Waals surface area contributed by atoms with E-state index in [-0.39, 0.29) is 41.9 Å². The Kier molecular flexibility index (Phi) is 5.12. The van der Waals surface area contributed by atoms with Crippen molar-refractivity contribution in [2.24, 2.45) is 5.92 Å². The summed E-state index contributed by atoms with van der Waals surface area (Å²) in [6.07, 6.45) is 0.0795. The summed E-state index contributed by atoms with van der Waals surface area (Å²) < 4.78 is 0. The summed E-state index contributed by atoms with van der Waals surface area (Å²) in [4.78, 5) is 25.3. The minimum atomic E-state index is -1.11. The Labute approximate surface area is 138 Å². The van der Waals surface area contributed by atoms with E-state index in [0.29, 0.717) is 11.1 Å². The lowest BCUT2D eigenvalue weighted by molar-refractivity contribution is -0.152. The molecule has 0 saturated heterocycles. The van der Waals surface area contributed by atoms with Crippen LogP contribution in [0.2, 0.25) is 0 Å². The van der Waals surface area contributed by atoms with E-state index < -0.39 is 17.9 Å². The van der Waals surface area contributed by atoms with E-state index in [2.05, 4.69) is 25.3 Å². The molecule has 22 heavy (non-hydrogen) atoms. The zero-order valence-corrected chi connectivity index (χ0v) is 13.4. The average molecular weight is 343 g/mol. The van der Waals surface area contributed by atoms with Crippen LogP contribution in [0.4, 0.5) is 0 Å². The fraction of sp³-hybridized carbons (Fsp3) is 0.429. The van der Waals surface area contributed by atoms with Crippen LogP contribution in [0.15, 0.2) is 12.1 Å². The van der Waals surface area contributed by atoms with Crippen molar-refractivity contribution in [2.45, 2.75) is 19.0 Å². The number of carbonyl (C=O) groups excluding carboxylic acids is 1. The maximum Gasteiger partial charge on any atom is 0.326 e. The van der Waals surface area contributed by atoms with Gasteiger partial charge < -0.3 is 20.2 Å². The molecule has 1 amide bonds. The lowest BCUT2D eigenvalue weighted by Gasteiger charge is -2.36. The normalized spacial score (nSPS) is 17.4. The fourth-order valence-electron chi connectivity index (χ4n) is 2.51. The van der Waals surface area contributed by atoms with E-state index >= 15 is 0 Å². The molecule has 0 aliphatic carbocycles. The summed E-state index contributed by atoms with van der Waals surface area (Å²) in [5.74, 6) is -1.94. The predicted molar refractivity (Wildman–Crippen MR) is 86.6 cm³/mol. The van der Waals surface area contributed by atoms with Crippen LogP contribution in [0.5, 0.6) is 11.5 Å². The van der Waals surface area contributed by atoms with Crippen molar-refractivity contribution in [2.75, 3.05) is 11.5 Å². The molecule has 1 aliphatic heterocycles. The number of carbonyl (C=O) groups is 2. The van der Waals surface area contributed by atoms with Gasteiger partial charge in [0.1, 0.15) is 6.04 Å². The number of carboxylic acids is 1. The van der Waals surface area contributed by atoms with Crippen LogP contribution in [0, 0.1) is 5.92 Å². The molecule has 120 valence electrons. The molecule has 0 radical (unpaired) electrons. The van der Waals surface area contributed by atoms with E-state index in [9.17, 15) is 24.9 Å².